The van der Waals surface area contributed by atoms with E-state index in [2.05, 4.69) is 45.1 Å². The third kappa shape index (κ3) is 4.02. The fourth-order valence-electron chi connectivity index (χ4n) is 4.91. The second kappa shape index (κ2) is 8.04. The molecule has 1 aliphatic heterocycles. The molecule has 162 valence electrons. The number of fused-ring (bicyclic) bond motifs is 3. The average molecular weight is 457 g/mol. The molecule has 0 unspecified atom stereocenters. The maximum Gasteiger partial charge on any atom is 0.211 e. The maximum atomic E-state index is 12.4. The summed E-state index contributed by atoms with van der Waals surface area (Å²) < 4.78 is 28.2. The molecule has 0 spiro atoms. The van der Waals surface area contributed by atoms with Gasteiger partial charge in [-0.3, -0.25) is 4.57 Å². The molecule has 5 rings (SSSR count). The molecule has 8 heteroatoms. The van der Waals surface area contributed by atoms with Crippen LogP contribution in [0.25, 0.3) is 5.69 Å². The van der Waals surface area contributed by atoms with Gasteiger partial charge in [-0.2, -0.15) is 4.31 Å². The Morgan fingerprint density at radius 3 is 2.35 bits per heavy atom. The first-order valence-electron chi connectivity index (χ1n) is 10.6. The van der Waals surface area contributed by atoms with E-state index in [1.54, 1.807) is 0 Å². The lowest BCUT2D eigenvalue weighted by Crippen LogP contribution is -2.28. The van der Waals surface area contributed by atoms with E-state index in [0.717, 1.165) is 42.8 Å². The van der Waals surface area contributed by atoms with Crippen LogP contribution in [-0.2, 0) is 23.1 Å². The van der Waals surface area contributed by atoms with E-state index in [1.165, 1.54) is 16.1 Å². The molecule has 1 saturated carbocycles. The van der Waals surface area contributed by atoms with Gasteiger partial charge in [0, 0.05) is 17.5 Å². The van der Waals surface area contributed by atoms with Crippen LogP contribution in [0.2, 0.25) is 5.02 Å². The Bertz CT molecular complexity index is 1200. The predicted octanol–water partition coefficient (Wildman–Crippen LogP) is 4.64. The summed E-state index contributed by atoms with van der Waals surface area (Å²) in [6, 6.07) is 16.3. The maximum absolute atomic E-state index is 12.4. The van der Waals surface area contributed by atoms with E-state index in [0.29, 0.717) is 22.7 Å². The zero-order valence-electron chi connectivity index (χ0n) is 17.4. The van der Waals surface area contributed by atoms with Crippen LogP contribution in [0.1, 0.15) is 60.3 Å². The number of rotatable bonds is 3. The summed E-state index contributed by atoms with van der Waals surface area (Å²) in [5.74, 6) is 2.47. The van der Waals surface area contributed by atoms with Gasteiger partial charge >= 0.3 is 0 Å². The Morgan fingerprint density at radius 2 is 1.65 bits per heavy atom. The molecule has 0 saturated heterocycles. The largest absolute Gasteiger partial charge is 0.281 e. The van der Waals surface area contributed by atoms with E-state index in [-0.39, 0.29) is 13.1 Å². The van der Waals surface area contributed by atoms with Crippen LogP contribution in [0.4, 0.5) is 0 Å². The van der Waals surface area contributed by atoms with Crippen LogP contribution in [0, 0.1) is 0 Å². The number of hydrogen-bond donors (Lipinski definition) is 0. The van der Waals surface area contributed by atoms with Crippen molar-refractivity contribution in [3.8, 4) is 5.69 Å². The highest BCUT2D eigenvalue weighted by atomic mass is 35.5. The Hall–Kier alpha value is -2.22. The monoisotopic (exact) mass is 456 g/mol. The number of hydrogen-bond acceptors (Lipinski definition) is 4. The van der Waals surface area contributed by atoms with Crippen molar-refractivity contribution >= 4 is 21.6 Å². The van der Waals surface area contributed by atoms with Crippen LogP contribution in [-0.4, -0.2) is 33.7 Å². The molecule has 2 heterocycles. The Balaban J connectivity index is 1.49. The van der Waals surface area contributed by atoms with Crippen LogP contribution < -0.4 is 0 Å². The summed E-state index contributed by atoms with van der Waals surface area (Å²) in [6.07, 6.45) is 5.53. The van der Waals surface area contributed by atoms with Crippen molar-refractivity contribution in [1.29, 1.82) is 0 Å². The van der Waals surface area contributed by atoms with Gasteiger partial charge in [-0.25, -0.2) is 8.42 Å². The van der Waals surface area contributed by atoms with Gasteiger partial charge in [0.25, 0.3) is 0 Å². The number of benzene rings is 2. The third-order valence-corrected chi connectivity index (χ3v) is 7.97. The minimum Gasteiger partial charge on any atom is -0.281 e. The van der Waals surface area contributed by atoms with E-state index >= 15 is 0 Å². The highest BCUT2D eigenvalue weighted by molar-refractivity contribution is 7.88. The highest BCUT2D eigenvalue weighted by Crippen LogP contribution is 2.41. The van der Waals surface area contributed by atoms with Crippen molar-refractivity contribution in [2.24, 2.45) is 0 Å². The predicted molar refractivity (Wildman–Crippen MR) is 121 cm³/mol. The van der Waals surface area contributed by atoms with Gasteiger partial charge < -0.3 is 0 Å². The fourth-order valence-corrected chi connectivity index (χ4v) is 5.83. The Kier molecular flexibility index (Phi) is 5.36. The van der Waals surface area contributed by atoms with E-state index in [1.807, 2.05) is 18.2 Å². The molecule has 0 bridgehead atoms. The standard InChI is InChI=1S/C23H25ClN4O2S/c1-31(29,30)27-14-19-13-20(24)11-12-21(19)28-22(15-27)25-26-23(28)18-9-7-17(8-10-18)16-5-3-2-4-6-16/h2-6,11-13,17-18H,7-10,14-15H2,1H3. The molecule has 1 aromatic heterocycles. The number of aromatic nitrogens is 3. The minimum atomic E-state index is -3.39. The van der Waals surface area contributed by atoms with Gasteiger partial charge in [0.2, 0.25) is 10.0 Å². The second-order valence-corrected chi connectivity index (χ2v) is 11.0. The van der Waals surface area contributed by atoms with E-state index in [4.69, 9.17) is 11.6 Å². The van der Waals surface area contributed by atoms with Crippen molar-refractivity contribution in [2.45, 2.75) is 50.6 Å². The van der Waals surface area contributed by atoms with Crippen LogP contribution in [0.3, 0.4) is 0 Å². The lowest BCUT2D eigenvalue weighted by molar-refractivity contribution is 0.381. The van der Waals surface area contributed by atoms with Crippen LogP contribution in [0.15, 0.2) is 48.5 Å². The minimum absolute atomic E-state index is 0.206. The molecule has 0 atom stereocenters. The molecule has 1 fully saturated rings. The van der Waals surface area contributed by atoms with Crippen molar-refractivity contribution in [2.75, 3.05) is 6.26 Å². The van der Waals surface area contributed by atoms with Crippen molar-refractivity contribution in [3.05, 3.63) is 76.3 Å². The molecule has 0 N–H and O–H groups in total. The topological polar surface area (TPSA) is 68.1 Å². The summed E-state index contributed by atoms with van der Waals surface area (Å²) in [4.78, 5) is 0. The van der Waals surface area contributed by atoms with Crippen LogP contribution in [0.5, 0.6) is 0 Å². The number of sulfonamides is 1. The first-order valence-corrected chi connectivity index (χ1v) is 12.9. The van der Waals surface area contributed by atoms with Gasteiger partial charge in [0.1, 0.15) is 5.82 Å². The van der Waals surface area contributed by atoms with Gasteiger partial charge in [-0.15, -0.1) is 10.2 Å². The average Bonchev–Trinajstić information content (AvgIpc) is 3.09. The van der Waals surface area contributed by atoms with E-state index < -0.39 is 10.0 Å². The molecule has 0 radical (unpaired) electrons. The third-order valence-electron chi connectivity index (χ3n) is 6.53. The Labute approximate surface area is 187 Å². The molecule has 6 nitrogen and oxygen atoms in total. The highest BCUT2D eigenvalue weighted by Gasteiger charge is 2.32. The fraction of sp³-hybridized carbons (Fsp3) is 0.391. The molecule has 1 aliphatic carbocycles. The molecule has 0 amide bonds. The second-order valence-electron chi connectivity index (χ2n) is 8.57. The molecule has 31 heavy (non-hydrogen) atoms. The van der Waals surface area contributed by atoms with Gasteiger partial charge in [-0.1, -0.05) is 41.9 Å². The molecule has 2 aliphatic rings. The number of nitrogens with zero attached hydrogens (tertiary/aromatic N) is 4. The zero-order valence-corrected chi connectivity index (χ0v) is 19.0. The lowest BCUT2D eigenvalue weighted by atomic mass is 9.78. The SMILES string of the molecule is CS(=O)(=O)N1Cc2cc(Cl)ccc2-n2c(nnc2C2CCC(c3ccccc3)CC2)C1. The summed E-state index contributed by atoms with van der Waals surface area (Å²) in [6.45, 7) is 0.482. The zero-order chi connectivity index (χ0) is 21.6. The molecule has 2 aromatic carbocycles. The number of halogens is 1. The van der Waals surface area contributed by atoms with Crippen molar-refractivity contribution in [1.82, 2.24) is 19.1 Å². The molecular weight excluding hydrogens is 432 g/mol. The Morgan fingerprint density at radius 1 is 0.935 bits per heavy atom. The smallest absolute Gasteiger partial charge is 0.211 e. The summed E-state index contributed by atoms with van der Waals surface area (Å²) in [5.41, 5.74) is 3.20. The first kappa shape index (κ1) is 20.7. The van der Waals surface area contributed by atoms with Crippen molar-refractivity contribution < 1.29 is 8.42 Å². The molecule has 3 aromatic rings. The first-order chi connectivity index (χ1) is 14.9. The lowest BCUT2D eigenvalue weighted by Gasteiger charge is -2.28. The molecular formula is C23H25ClN4O2S. The van der Waals surface area contributed by atoms with Crippen LogP contribution >= 0.6 is 11.6 Å². The summed E-state index contributed by atoms with van der Waals surface area (Å²) >= 11 is 6.25. The van der Waals surface area contributed by atoms with Gasteiger partial charge in [0.05, 0.1) is 18.5 Å². The van der Waals surface area contributed by atoms with Gasteiger partial charge in [0.15, 0.2) is 5.82 Å². The van der Waals surface area contributed by atoms with Crippen molar-refractivity contribution in [3.63, 3.8) is 0 Å². The summed E-state index contributed by atoms with van der Waals surface area (Å²) in [5, 5.41) is 9.58. The quantitative estimate of drug-likeness (QED) is 0.575. The van der Waals surface area contributed by atoms with Gasteiger partial charge in [-0.05, 0) is 60.9 Å². The summed E-state index contributed by atoms with van der Waals surface area (Å²) in [7, 11) is -3.39. The normalized spacial score (nSPS) is 21.9. The van der Waals surface area contributed by atoms with E-state index in [9.17, 15) is 8.42 Å².